The predicted molar refractivity (Wildman–Crippen MR) is 87.4 cm³/mol. The van der Waals surface area contributed by atoms with Crippen molar-refractivity contribution in [3.05, 3.63) is 77.1 Å². The average Bonchev–Trinajstić information content (AvgIpc) is 2.62. The van der Waals surface area contributed by atoms with Gasteiger partial charge in [0.05, 0.1) is 0 Å². The number of pyridine rings is 1. The molecule has 0 aliphatic heterocycles. The normalized spacial score (nSPS) is 10.6. The Kier molecular flexibility index (Phi) is 5.09. The largest absolute Gasteiger partial charge is 0.502 e. The molecule has 0 saturated heterocycles. The minimum atomic E-state index is -0.357. The lowest BCUT2D eigenvalue weighted by Gasteiger charge is -2.06. The van der Waals surface area contributed by atoms with E-state index in [4.69, 9.17) is 10.5 Å². The maximum atomic E-state index is 10.7. The number of rotatable bonds is 3. The Balaban J connectivity index is 2.88. The summed E-state index contributed by atoms with van der Waals surface area (Å²) in [4.78, 5) is 0. The van der Waals surface area contributed by atoms with Gasteiger partial charge in [-0.25, -0.2) is 0 Å². The summed E-state index contributed by atoms with van der Waals surface area (Å²) in [7, 11) is 0. The summed E-state index contributed by atoms with van der Waals surface area (Å²) in [6.07, 6.45) is 3.35. The summed E-state index contributed by atoms with van der Waals surface area (Å²) >= 11 is 0. The third-order valence-corrected chi connectivity index (χ3v) is 3.30. The van der Waals surface area contributed by atoms with Crippen molar-refractivity contribution in [1.29, 1.82) is 15.8 Å². The SMILES string of the molecule is Cc1ccc[n+](/C(C(C#N)=C(C#N)C#N)=C(\O)c2ccccc2)c1. The second-order valence-electron chi connectivity index (χ2n) is 4.94. The number of hydrogen-bond donors (Lipinski definition) is 1. The minimum absolute atomic E-state index is 0.0884. The van der Waals surface area contributed by atoms with Crippen molar-refractivity contribution in [2.24, 2.45) is 0 Å². The van der Waals surface area contributed by atoms with Gasteiger partial charge in [-0.3, -0.25) is 0 Å². The van der Waals surface area contributed by atoms with Crippen LogP contribution in [0.4, 0.5) is 0 Å². The third-order valence-electron chi connectivity index (χ3n) is 3.30. The van der Waals surface area contributed by atoms with Gasteiger partial charge in [-0.15, -0.1) is 0 Å². The maximum Gasteiger partial charge on any atom is 0.273 e. The lowest BCUT2D eigenvalue weighted by molar-refractivity contribution is -0.579. The van der Waals surface area contributed by atoms with E-state index in [0.29, 0.717) is 5.56 Å². The van der Waals surface area contributed by atoms with E-state index in [9.17, 15) is 10.4 Å². The summed E-state index contributed by atoms with van der Waals surface area (Å²) in [6, 6.07) is 17.6. The molecule has 0 unspecified atom stereocenters. The average molecular weight is 313 g/mol. The summed E-state index contributed by atoms with van der Waals surface area (Å²) in [5.41, 5.74) is 0.916. The molecule has 1 aromatic heterocycles. The molecule has 2 rings (SSSR count). The Morgan fingerprint density at radius 3 is 2.17 bits per heavy atom. The zero-order valence-corrected chi connectivity index (χ0v) is 12.9. The second-order valence-corrected chi connectivity index (χ2v) is 4.94. The number of nitriles is 3. The monoisotopic (exact) mass is 313 g/mol. The molecule has 5 nitrogen and oxygen atoms in total. The van der Waals surface area contributed by atoms with E-state index >= 15 is 0 Å². The van der Waals surface area contributed by atoms with Gasteiger partial charge in [-0.1, -0.05) is 30.3 Å². The number of aryl methyl sites for hydroxylation is 1. The predicted octanol–water partition coefficient (Wildman–Crippen LogP) is 3.03. The van der Waals surface area contributed by atoms with Crippen LogP contribution in [0, 0.1) is 40.9 Å². The molecule has 2 aromatic rings. The molecular weight excluding hydrogens is 300 g/mol. The molecule has 24 heavy (non-hydrogen) atoms. The second kappa shape index (κ2) is 7.40. The van der Waals surface area contributed by atoms with Crippen LogP contribution in [-0.2, 0) is 0 Å². The third kappa shape index (κ3) is 3.30. The van der Waals surface area contributed by atoms with Crippen molar-refractivity contribution in [1.82, 2.24) is 0 Å². The molecule has 0 aliphatic carbocycles. The first-order valence-corrected chi connectivity index (χ1v) is 7.04. The molecule has 0 bridgehead atoms. The van der Waals surface area contributed by atoms with Gasteiger partial charge < -0.3 is 5.11 Å². The van der Waals surface area contributed by atoms with Gasteiger partial charge in [0.15, 0.2) is 29.3 Å². The molecule has 114 valence electrons. The number of aromatic nitrogens is 1. The molecule has 0 saturated carbocycles. The Labute approximate surface area is 139 Å². The van der Waals surface area contributed by atoms with Gasteiger partial charge in [0.25, 0.3) is 5.70 Å². The number of allylic oxidation sites excluding steroid dienone is 3. The first kappa shape index (κ1) is 16.5. The molecule has 0 atom stereocenters. The summed E-state index contributed by atoms with van der Waals surface area (Å²) < 4.78 is 1.53. The molecular formula is C19H13N4O+. The fourth-order valence-corrected chi connectivity index (χ4v) is 2.20. The van der Waals surface area contributed by atoms with E-state index in [1.54, 1.807) is 60.9 Å². The van der Waals surface area contributed by atoms with Crippen LogP contribution in [0.5, 0.6) is 0 Å². The zero-order valence-electron chi connectivity index (χ0n) is 12.9. The minimum Gasteiger partial charge on any atom is -0.502 e. The van der Waals surface area contributed by atoms with Crippen LogP contribution in [0.1, 0.15) is 11.1 Å². The maximum absolute atomic E-state index is 10.7. The van der Waals surface area contributed by atoms with Gasteiger partial charge >= 0.3 is 0 Å². The Morgan fingerprint density at radius 1 is 0.958 bits per heavy atom. The van der Waals surface area contributed by atoms with E-state index in [-0.39, 0.29) is 22.6 Å². The zero-order chi connectivity index (χ0) is 17.5. The standard InChI is InChI=1S/C19H12N4O/c1-14-6-5-9-23(13-14)18(17(12-22)16(10-20)11-21)19(24)15-7-3-2-4-8-15/h2-9,13H,1H3/p+1/b19-18-. The fourth-order valence-electron chi connectivity index (χ4n) is 2.20. The van der Waals surface area contributed by atoms with Crippen molar-refractivity contribution in [3.63, 3.8) is 0 Å². The number of hydrogen-bond acceptors (Lipinski definition) is 4. The van der Waals surface area contributed by atoms with Gasteiger partial charge in [0.1, 0.15) is 18.2 Å². The summed E-state index contributed by atoms with van der Waals surface area (Å²) in [6.45, 7) is 1.86. The number of benzene rings is 1. The van der Waals surface area contributed by atoms with Gasteiger partial charge in [0, 0.05) is 17.2 Å². The highest BCUT2D eigenvalue weighted by atomic mass is 16.3. The molecule has 0 radical (unpaired) electrons. The molecule has 0 aliphatic rings. The highest BCUT2D eigenvalue weighted by Gasteiger charge is 2.27. The first-order valence-electron chi connectivity index (χ1n) is 7.04. The van der Waals surface area contributed by atoms with Crippen LogP contribution in [0.15, 0.2) is 66.0 Å². The Morgan fingerprint density at radius 2 is 1.62 bits per heavy atom. The fraction of sp³-hybridized carbons (Fsp3) is 0.0526. The van der Waals surface area contributed by atoms with Gasteiger partial charge in [-0.2, -0.15) is 20.4 Å². The van der Waals surface area contributed by atoms with Crippen LogP contribution in [0.3, 0.4) is 0 Å². The van der Waals surface area contributed by atoms with Crippen LogP contribution in [0.2, 0.25) is 0 Å². The van der Waals surface area contributed by atoms with Crippen LogP contribution in [-0.4, -0.2) is 5.11 Å². The molecule has 1 aromatic carbocycles. The highest BCUT2D eigenvalue weighted by Crippen LogP contribution is 2.23. The van der Waals surface area contributed by atoms with Gasteiger partial charge in [0.2, 0.25) is 0 Å². The number of aliphatic hydroxyl groups excluding tert-OH is 1. The van der Waals surface area contributed by atoms with E-state index in [0.717, 1.165) is 5.56 Å². The van der Waals surface area contributed by atoms with Crippen molar-refractivity contribution in [3.8, 4) is 18.2 Å². The van der Waals surface area contributed by atoms with Crippen molar-refractivity contribution in [2.75, 3.05) is 0 Å². The quantitative estimate of drug-likeness (QED) is 0.408. The summed E-state index contributed by atoms with van der Waals surface area (Å²) in [5.74, 6) is -0.189. The van der Waals surface area contributed by atoms with E-state index in [1.807, 2.05) is 19.1 Å². The highest BCUT2D eigenvalue weighted by molar-refractivity contribution is 5.86. The lowest BCUT2D eigenvalue weighted by atomic mass is 10.0. The first-order chi connectivity index (χ1) is 11.6. The molecule has 5 heteroatoms. The van der Waals surface area contributed by atoms with Crippen LogP contribution >= 0.6 is 0 Å². The van der Waals surface area contributed by atoms with Crippen molar-refractivity contribution >= 4 is 11.5 Å². The molecule has 0 amide bonds. The Bertz CT molecular complexity index is 935. The van der Waals surface area contributed by atoms with Gasteiger partial charge in [-0.05, 0) is 13.0 Å². The molecule has 1 N–H and O–H groups in total. The van der Waals surface area contributed by atoms with E-state index < -0.39 is 0 Å². The smallest absolute Gasteiger partial charge is 0.273 e. The van der Waals surface area contributed by atoms with E-state index in [1.165, 1.54) is 4.57 Å². The van der Waals surface area contributed by atoms with E-state index in [2.05, 4.69) is 0 Å². The number of aliphatic hydroxyl groups is 1. The van der Waals surface area contributed by atoms with Crippen LogP contribution in [0.25, 0.3) is 11.5 Å². The molecule has 0 spiro atoms. The van der Waals surface area contributed by atoms with Crippen molar-refractivity contribution < 1.29 is 9.67 Å². The van der Waals surface area contributed by atoms with Crippen LogP contribution < -0.4 is 4.57 Å². The molecule has 0 fully saturated rings. The summed E-state index contributed by atoms with van der Waals surface area (Å²) in [5, 5.41) is 38.5. The Hall–Kier alpha value is -3.88. The molecule has 1 heterocycles. The topological polar surface area (TPSA) is 95.5 Å². The lowest BCUT2D eigenvalue weighted by Crippen LogP contribution is -2.34. The number of nitrogens with zero attached hydrogens (tertiary/aromatic N) is 4. The van der Waals surface area contributed by atoms with Crippen molar-refractivity contribution in [2.45, 2.75) is 6.92 Å².